The summed E-state index contributed by atoms with van der Waals surface area (Å²) in [6, 6.07) is 6.41. The Hall–Kier alpha value is -1.55. The van der Waals surface area contributed by atoms with Crippen LogP contribution in [0.1, 0.15) is 63.2 Å². The van der Waals surface area contributed by atoms with Crippen LogP contribution in [0.3, 0.4) is 0 Å². The molecule has 0 saturated heterocycles. The highest BCUT2D eigenvalue weighted by Crippen LogP contribution is 2.26. The highest BCUT2D eigenvalue weighted by Gasteiger charge is 2.23. The van der Waals surface area contributed by atoms with Crippen molar-refractivity contribution in [1.82, 2.24) is 4.98 Å². The average Bonchev–Trinajstić information content (AvgIpc) is 3.21. The summed E-state index contributed by atoms with van der Waals surface area (Å²) in [4.78, 5) is 6.07. The van der Waals surface area contributed by atoms with Gasteiger partial charge in [0, 0.05) is 22.8 Å². The highest BCUT2D eigenvalue weighted by atomic mass is 32.1. The van der Waals surface area contributed by atoms with Gasteiger partial charge < -0.3 is 5.32 Å². The lowest BCUT2D eigenvalue weighted by molar-refractivity contribution is 0.886. The summed E-state index contributed by atoms with van der Waals surface area (Å²) < 4.78 is 0. The molecule has 0 atom stereocenters. The molecule has 0 bridgehead atoms. The number of allylic oxidation sites excluding steroid dienone is 2. The number of pyridine rings is 1. The summed E-state index contributed by atoms with van der Waals surface area (Å²) in [5, 5.41) is 5.68. The van der Waals surface area contributed by atoms with Crippen molar-refractivity contribution in [3.63, 3.8) is 0 Å². The molecule has 3 rings (SSSR count). The Morgan fingerprint density at radius 3 is 2.50 bits per heavy atom. The maximum absolute atomic E-state index is 4.71. The predicted molar refractivity (Wildman–Crippen MR) is 109 cm³/mol. The number of nitrogens with zero attached hydrogens (tertiary/aromatic N) is 1. The quantitative estimate of drug-likeness (QED) is 0.742. The van der Waals surface area contributed by atoms with E-state index in [4.69, 9.17) is 4.98 Å². The molecule has 0 aliphatic carbocycles. The van der Waals surface area contributed by atoms with Gasteiger partial charge in [-0.25, -0.2) is 0 Å². The third-order valence-electron chi connectivity index (χ3n) is 4.26. The lowest BCUT2D eigenvalue weighted by Crippen LogP contribution is -2.21. The third kappa shape index (κ3) is 4.51. The molecule has 0 aromatic carbocycles. The summed E-state index contributed by atoms with van der Waals surface area (Å²) in [6.07, 6.45) is 3.70. The third-order valence-corrected chi connectivity index (χ3v) is 5.13. The van der Waals surface area contributed by atoms with E-state index in [9.17, 15) is 0 Å². The second kappa shape index (κ2) is 9.07. The van der Waals surface area contributed by atoms with E-state index in [1.54, 1.807) is 11.3 Å². The number of rotatable bonds is 5. The maximum atomic E-state index is 4.71. The SMILES string of the molecule is CCC1=C(C)c2nc(C)cc(NCc3cccs3)c2[B]1.CCCC. The molecule has 0 fully saturated rings. The second-order valence-corrected chi connectivity index (χ2v) is 7.19. The summed E-state index contributed by atoms with van der Waals surface area (Å²) >= 11 is 1.79. The van der Waals surface area contributed by atoms with Gasteiger partial charge in [-0.3, -0.25) is 4.98 Å². The fraction of sp³-hybridized carbons (Fsp3) is 0.450. The van der Waals surface area contributed by atoms with Crippen molar-refractivity contribution >= 4 is 35.3 Å². The van der Waals surface area contributed by atoms with E-state index in [0.717, 1.165) is 24.4 Å². The Morgan fingerprint density at radius 1 is 1.17 bits per heavy atom. The number of anilines is 1. The van der Waals surface area contributed by atoms with Crippen LogP contribution in [-0.4, -0.2) is 12.3 Å². The molecule has 2 aromatic heterocycles. The van der Waals surface area contributed by atoms with Crippen LogP contribution in [0.15, 0.2) is 29.1 Å². The zero-order valence-corrected chi connectivity index (χ0v) is 16.4. The molecule has 24 heavy (non-hydrogen) atoms. The van der Waals surface area contributed by atoms with Crippen LogP contribution in [0, 0.1) is 6.92 Å². The van der Waals surface area contributed by atoms with Crippen molar-refractivity contribution < 1.29 is 0 Å². The van der Waals surface area contributed by atoms with Gasteiger partial charge in [-0.05, 0) is 48.8 Å². The van der Waals surface area contributed by atoms with Crippen LogP contribution in [0.2, 0.25) is 0 Å². The van der Waals surface area contributed by atoms with Crippen LogP contribution in [0.5, 0.6) is 0 Å². The van der Waals surface area contributed by atoms with Crippen molar-refractivity contribution in [2.75, 3.05) is 5.32 Å². The molecule has 0 spiro atoms. The number of nitrogens with one attached hydrogen (secondary N) is 1. The Bertz CT molecular complexity index is 688. The van der Waals surface area contributed by atoms with Crippen LogP contribution in [0.25, 0.3) is 5.57 Å². The number of aromatic nitrogens is 1. The molecule has 0 unspecified atom stereocenters. The van der Waals surface area contributed by atoms with Gasteiger partial charge in [0.15, 0.2) is 7.28 Å². The monoisotopic (exact) mass is 339 g/mol. The van der Waals surface area contributed by atoms with Gasteiger partial charge in [-0.15, -0.1) is 11.3 Å². The Kier molecular flexibility index (Phi) is 7.10. The first-order chi connectivity index (χ1) is 11.6. The van der Waals surface area contributed by atoms with E-state index < -0.39 is 0 Å². The van der Waals surface area contributed by atoms with Crippen LogP contribution >= 0.6 is 11.3 Å². The first-order valence-electron chi connectivity index (χ1n) is 8.93. The van der Waals surface area contributed by atoms with E-state index in [0.29, 0.717) is 0 Å². The van der Waals surface area contributed by atoms with Crippen LogP contribution in [-0.2, 0) is 6.54 Å². The smallest absolute Gasteiger partial charge is 0.191 e. The molecular formula is C20H28BN2S. The zero-order valence-electron chi connectivity index (χ0n) is 15.6. The Labute approximate surface area is 151 Å². The lowest BCUT2D eigenvalue weighted by Gasteiger charge is -2.12. The number of unbranched alkanes of at least 4 members (excludes halogenated alkanes) is 1. The fourth-order valence-electron chi connectivity index (χ4n) is 2.66. The topological polar surface area (TPSA) is 24.9 Å². The lowest BCUT2D eigenvalue weighted by atomic mass is 9.65. The average molecular weight is 339 g/mol. The molecule has 127 valence electrons. The summed E-state index contributed by atoms with van der Waals surface area (Å²) in [5.41, 5.74) is 7.39. The highest BCUT2D eigenvalue weighted by molar-refractivity contribution is 7.09. The molecule has 1 aliphatic rings. The normalized spacial score (nSPS) is 12.4. The molecule has 1 aliphatic heterocycles. The van der Waals surface area contributed by atoms with Gasteiger partial charge in [0.25, 0.3) is 0 Å². The molecule has 3 heterocycles. The largest absolute Gasteiger partial charge is 0.380 e. The minimum absolute atomic E-state index is 0.877. The van der Waals surface area contributed by atoms with Crippen molar-refractivity contribution in [2.24, 2.45) is 0 Å². The van der Waals surface area contributed by atoms with Crippen LogP contribution in [0.4, 0.5) is 5.69 Å². The minimum Gasteiger partial charge on any atom is -0.380 e. The molecule has 1 N–H and O–H groups in total. The second-order valence-electron chi connectivity index (χ2n) is 6.15. The van der Waals surface area contributed by atoms with E-state index >= 15 is 0 Å². The van der Waals surface area contributed by atoms with Gasteiger partial charge in [-0.2, -0.15) is 0 Å². The number of thiophene rings is 1. The van der Waals surface area contributed by atoms with Gasteiger partial charge in [0.05, 0.1) is 5.69 Å². The molecule has 1 radical (unpaired) electrons. The predicted octanol–water partition coefficient (Wildman–Crippen LogP) is 5.35. The summed E-state index contributed by atoms with van der Waals surface area (Å²) in [7, 11) is 2.29. The summed E-state index contributed by atoms with van der Waals surface area (Å²) in [5.74, 6) is 0. The van der Waals surface area contributed by atoms with Gasteiger partial charge in [0.2, 0.25) is 0 Å². The van der Waals surface area contributed by atoms with Crippen molar-refractivity contribution in [1.29, 1.82) is 0 Å². The molecule has 0 amide bonds. The Balaban J connectivity index is 0.000000471. The number of fused-ring (bicyclic) bond motifs is 1. The minimum atomic E-state index is 0.877. The summed E-state index contributed by atoms with van der Waals surface area (Å²) in [6.45, 7) is 11.7. The van der Waals surface area contributed by atoms with E-state index in [2.05, 4.69) is 70.8 Å². The first kappa shape index (κ1) is 18.8. The molecule has 0 saturated carbocycles. The van der Waals surface area contributed by atoms with Crippen molar-refractivity contribution in [3.8, 4) is 0 Å². The van der Waals surface area contributed by atoms with Crippen molar-refractivity contribution in [2.45, 2.75) is 60.4 Å². The molecule has 2 nitrogen and oxygen atoms in total. The Morgan fingerprint density at radius 2 is 1.92 bits per heavy atom. The number of hydrogen-bond donors (Lipinski definition) is 1. The molecular weight excluding hydrogens is 311 g/mol. The van der Waals surface area contributed by atoms with Gasteiger partial charge in [-0.1, -0.05) is 45.2 Å². The van der Waals surface area contributed by atoms with E-state index in [-0.39, 0.29) is 0 Å². The zero-order chi connectivity index (χ0) is 17.5. The molecule has 4 heteroatoms. The molecule has 2 aromatic rings. The number of aryl methyl sites for hydroxylation is 1. The van der Waals surface area contributed by atoms with E-state index in [1.807, 2.05) is 0 Å². The fourth-order valence-corrected chi connectivity index (χ4v) is 3.30. The first-order valence-corrected chi connectivity index (χ1v) is 9.81. The standard InChI is InChI=1S/C16H18BN2S.C4H10/c1-4-13-11(3)16-15(17-13)14(8-10(2)19-16)18-9-12-6-5-7-20-12;1-3-4-2/h5-8H,4,9H2,1-3H3,(H,18,19);3-4H2,1-2H3. The van der Waals surface area contributed by atoms with Crippen LogP contribution < -0.4 is 10.8 Å². The number of hydrogen-bond acceptors (Lipinski definition) is 3. The maximum Gasteiger partial charge on any atom is 0.191 e. The van der Waals surface area contributed by atoms with Gasteiger partial charge >= 0.3 is 0 Å². The van der Waals surface area contributed by atoms with Gasteiger partial charge in [0.1, 0.15) is 0 Å². The van der Waals surface area contributed by atoms with Crippen molar-refractivity contribution in [3.05, 3.63) is 45.3 Å². The van der Waals surface area contributed by atoms with E-state index in [1.165, 1.54) is 39.9 Å².